The Morgan fingerprint density at radius 2 is 1.78 bits per heavy atom. The van der Waals surface area contributed by atoms with E-state index in [1.807, 2.05) is 17.9 Å². The summed E-state index contributed by atoms with van der Waals surface area (Å²) in [6.45, 7) is 3.24. The first-order valence-corrected chi connectivity index (χ1v) is 10.7. The third-order valence-corrected chi connectivity index (χ3v) is 6.18. The standard InChI is InChI=1S/C19H24N4O3S/c1-14-20-11-8-18(21-14)15-9-12-23(13-10-15)19(24)16-4-6-17(7-5-16)22(2)27(3,25)26/h4-8,11,15H,9-10,12-13H2,1-3H3. The van der Waals surface area contributed by atoms with Crippen LogP contribution in [0.3, 0.4) is 0 Å². The molecule has 0 unspecified atom stereocenters. The Morgan fingerprint density at radius 3 is 2.33 bits per heavy atom. The molecule has 3 rings (SSSR count). The third-order valence-electron chi connectivity index (χ3n) is 4.97. The summed E-state index contributed by atoms with van der Waals surface area (Å²) in [6.07, 6.45) is 4.67. The van der Waals surface area contributed by atoms with E-state index in [4.69, 9.17) is 0 Å². The van der Waals surface area contributed by atoms with Gasteiger partial charge < -0.3 is 4.90 Å². The highest BCUT2D eigenvalue weighted by atomic mass is 32.2. The zero-order valence-electron chi connectivity index (χ0n) is 15.8. The van der Waals surface area contributed by atoms with Crippen LogP contribution in [0.25, 0.3) is 0 Å². The molecule has 1 aliphatic rings. The molecule has 0 atom stereocenters. The molecular weight excluding hydrogens is 364 g/mol. The minimum absolute atomic E-state index is 0.0270. The number of nitrogens with zero attached hydrogens (tertiary/aromatic N) is 4. The van der Waals surface area contributed by atoms with E-state index in [0.29, 0.717) is 30.3 Å². The number of anilines is 1. The lowest BCUT2D eigenvalue weighted by Crippen LogP contribution is -2.38. The third kappa shape index (κ3) is 4.44. The summed E-state index contributed by atoms with van der Waals surface area (Å²) in [5.41, 5.74) is 2.15. The van der Waals surface area contributed by atoms with Crippen LogP contribution in [-0.2, 0) is 10.0 Å². The Labute approximate surface area is 160 Å². The van der Waals surface area contributed by atoms with Crippen LogP contribution in [0.2, 0.25) is 0 Å². The van der Waals surface area contributed by atoms with Gasteiger partial charge in [-0.1, -0.05) is 0 Å². The van der Waals surface area contributed by atoms with Crippen LogP contribution >= 0.6 is 0 Å². The lowest BCUT2D eigenvalue weighted by atomic mass is 9.93. The molecule has 1 aliphatic heterocycles. The number of carbonyl (C=O) groups is 1. The minimum Gasteiger partial charge on any atom is -0.339 e. The zero-order chi connectivity index (χ0) is 19.6. The molecule has 0 bridgehead atoms. The maximum Gasteiger partial charge on any atom is 0.253 e. The lowest BCUT2D eigenvalue weighted by molar-refractivity contribution is 0.0712. The van der Waals surface area contributed by atoms with Crippen LogP contribution in [0.4, 0.5) is 5.69 Å². The van der Waals surface area contributed by atoms with Crippen LogP contribution < -0.4 is 4.31 Å². The molecule has 0 saturated carbocycles. The predicted molar refractivity (Wildman–Crippen MR) is 104 cm³/mol. The van der Waals surface area contributed by atoms with Crippen molar-refractivity contribution >= 4 is 21.6 Å². The summed E-state index contributed by atoms with van der Waals surface area (Å²) >= 11 is 0. The van der Waals surface area contributed by atoms with Crippen molar-refractivity contribution in [3.05, 3.63) is 53.6 Å². The Morgan fingerprint density at radius 1 is 1.15 bits per heavy atom. The average molecular weight is 388 g/mol. The van der Waals surface area contributed by atoms with Gasteiger partial charge in [0.1, 0.15) is 5.82 Å². The van der Waals surface area contributed by atoms with Crippen molar-refractivity contribution < 1.29 is 13.2 Å². The first kappa shape index (κ1) is 19.3. The molecule has 0 radical (unpaired) electrons. The smallest absolute Gasteiger partial charge is 0.253 e. The molecule has 7 nitrogen and oxygen atoms in total. The van der Waals surface area contributed by atoms with E-state index in [0.717, 1.165) is 30.6 Å². The molecule has 2 heterocycles. The molecule has 1 saturated heterocycles. The van der Waals surface area contributed by atoms with Gasteiger partial charge in [-0.3, -0.25) is 9.10 Å². The number of carbonyl (C=O) groups excluding carboxylic acids is 1. The molecule has 2 aromatic rings. The molecule has 0 aliphatic carbocycles. The fourth-order valence-electron chi connectivity index (χ4n) is 3.27. The normalized spacial score (nSPS) is 15.6. The van der Waals surface area contributed by atoms with Crippen LogP contribution in [0.5, 0.6) is 0 Å². The Hall–Kier alpha value is -2.48. The Balaban J connectivity index is 1.64. The first-order valence-electron chi connectivity index (χ1n) is 8.88. The van der Waals surface area contributed by atoms with Gasteiger partial charge >= 0.3 is 0 Å². The number of hydrogen-bond acceptors (Lipinski definition) is 5. The number of benzene rings is 1. The maximum absolute atomic E-state index is 12.7. The number of sulfonamides is 1. The number of aromatic nitrogens is 2. The van der Waals surface area contributed by atoms with Crippen molar-refractivity contribution in [2.75, 3.05) is 30.7 Å². The largest absolute Gasteiger partial charge is 0.339 e. The number of rotatable bonds is 4. The highest BCUT2D eigenvalue weighted by Crippen LogP contribution is 2.27. The van der Waals surface area contributed by atoms with Gasteiger partial charge in [0.25, 0.3) is 5.91 Å². The lowest BCUT2D eigenvalue weighted by Gasteiger charge is -2.32. The average Bonchev–Trinajstić information content (AvgIpc) is 2.66. The van der Waals surface area contributed by atoms with E-state index >= 15 is 0 Å². The van der Waals surface area contributed by atoms with E-state index in [1.165, 1.54) is 11.4 Å². The van der Waals surface area contributed by atoms with Crippen molar-refractivity contribution in [3.8, 4) is 0 Å². The molecule has 0 N–H and O–H groups in total. The predicted octanol–water partition coefficient (Wildman–Crippen LogP) is 2.20. The maximum atomic E-state index is 12.7. The fourth-order valence-corrected chi connectivity index (χ4v) is 3.77. The second kappa shape index (κ2) is 7.64. The summed E-state index contributed by atoms with van der Waals surface area (Å²) in [5, 5.41) is 0. The van der Waals surface area contributed by atoms with Gasteiger partial charge in [0.2, 0.25) is 10.0 Å². The van der Waals surface area contributed by atoms with Gasteiger partial charge in [-0.05, 0) is 50.1 Å². The fraction of sp³-hybridized carbons (Fsp3) is 0.421. The van der Waals surface area contributed by atoms with E-state index in [9.17, 15) is 13.2 Å². The number of likely N-dealkylation sites (tertiary alicyclic amines) is 1. The second-order valence-corrected chi connectivity index (χ2v) is 8.89. The van der Waals surface area contributed by atoms with Gasteiger partial charge in [0, 0.05) is 43.5 Å². The molecule has 1 aromatic carbocycles. The number of amides is 1. The molecule has 1 aromatic heterocycles. The summed E-state index contributed by atoms with van der Waals surface area (Å²) < 4.78 is 24.4. The van der Waals surface area contributed by atoms with Gasteiger partial charge in [-0.25, -0.2) is 18.4 Å². The first-order chi connectivity index (χ1) is 12.8. The van der Waals surface area contributed by atoms with Crippen LogP contribution in [0.15, 0.2) is 36.5 Å². The number of piperidine rings is 1. The van der Waals surface area contributed by atoms with Gasteiger partial charge in [0.15, 0.2) is 0 Å². The summed E-state index contributed by atoms with van der Waals surface area (Å²) in [6, 6.07) is 8.62. The van der Waals surface area contributed by atoms with Crippen molar-refractivity contribution in [1.29, 1.82) is 0 Å². The van der Waals surface area contributed by atoms with Crippen molar-refractivity contribution in [3.63, 3.8) is 0 Å². The summed E-state index contributed by atoms with van der Waals surface area (Å²) in [5.74, 6) is 1.09. The number of hydrogen-bond donors (Lipinski definition) is 0. The highest BCUT2D eigenvalue weighted by molar-refractivity contribution is 7.92. The molecule has 0 spiro atoms. The molecule has 144 valence electrons. The van der Waals surface area contributed by atoms with E-state index in [2.05, 4.69) is 9.97 Å². The molecule has 1 amide bonds. The van der Waals surface area contributed by atoms with Crippen LogP contribution in [0.1, 0.15) is 40.6 Å². The van der Waals surface area contributed by atoms with Crippen molar-refractivity contribution in [2.24, 2.45) is 0 Å². The summed E-state index contributed by atoms with van der Waals surface area (Å²) in [4.78, 5) is 23.2. The van der Waals surface area contributed by atoms with Gasteiger partial charge in [-0.2, -0.15) is 0 Å². The molecular formula is C19H24N4O3S. The van der Waals surface area contributed by atoms with Crippen molar-refractivity contribution in [2.45, 2.75) is 25.7 Å². The molecule has 1 fully saturated rings. The van der Waals surface area contributed by atoms with E-state index in [-0.39, 0.29) is 5.91 Å². The zero-order valence-corrected chi connectivity index (χ0v) is 16.6. The Bertz CT molecular complexity index is 920. The van der Waals surface area contributed by atoms with E-state index < -0.39 is 10.0 Å². The van der Waals surface area contributed by atoms with Crippen LogP contribution in [0, 0.1) is 6.92 Å². The Kier molecular flexibility index (Phi) is 5.46. The molecule has 8 heteroatoms. The quantitative estimate of drug-likeness (QED) is 0.802. The van der Waals surface area contributed by atoms with Crippen LogP contribution in [-0.4, -0.2) is 55.6 Å². The summed E-state index contributed by atoms with van der Waals surface area (Å²) in [7, 11) is -1.83. The monoisotopic (exact) mass is 388 g/mol. The van der Waals surface area contributed by atoms with Gasteiger partial charge in [-0.15, -0.1) is 0 Å². The second-order valence-electron chi connectivity index (χ2n) is 6.87. The topological polar surface area (TPSA) is 83.5 Å². The number of aryl methyl sites for hydroxylation is 1. The molecule has 27 heavy (non-hydrogen) atoms. The van der Waals surface area contributed by atoms with Crippen molar-refractivity contribution in [1.82, 2.24) is 14.9 Å². The SMILES string of the molecule is Cc1nccc(C2CCN(C(=O)c3ccc(N(C)S(C)(=O)=O)cc3)CC2)n1. The highest BCUT2D eigenvalue weighted by Gasteiger charge is 2.25. The van der Waals surface area contributed by atoms with E-state index in [1.54, 1.807) is 30.5 Å². The van der Waals surface area contributed by atoms with Gasteiger partial charge in [0.05, 0.1) is 11.9 Å². The minimum atomic E-state index is -3.32.